The van der Waals surface area contributed by atoms with Crippen LogP contribution < -0.4 is 5.73 Å². The van der Waals surface area contributed by atoms with Crippen LogP contribution in [0.5, 0.6) is 0 Å². The summed E-state index contributed by atoms with van der Waals surface area (Å²) in [4.78, 5) is 15.2. The minimum Gasteiger partial charge on any atom is -0.335 e. The lowest BCUT2D eigenvalue weighted by Gasteiger charge is -2.33. The van der Waals surface area contributed by atoms with Crippen molar-refractivity contribution >= 4 is 5.91 Å². The summed E-state index contributed by atoms with van der Waals surface area (Å²) in [6, 6.07) is 9.37. The Morgan fingerprint density at radius 3 is 2.42 bits per heavy atom. The SMILES string of the molecule is CC(C)(C)c1ccc(C2CCCN2C(=O)C2CCCC(N)C2)cc1. The lowest BCUT2D eigenvalue weighted by Crippen LogP contribution is -2.40. The van der Waals surface area contributed by atoms with Gasteiger partial charge in [-0.1, -0.05) is 51.5 Å². The zero-order valence-corrected chi connectivity index (χ0v) is 15.4. The molecule has 24 heavy (non-hydrogen) atoms. The zero-order chi connectivity index (χ0) is 17.3. The third-order valence-corrected chi connectivity index (χ3v) is 5.76. The van der Waals surface area contributed by atoms with Gasteiger partial charge in [-0.25, -0.2) is 0 Å². The summed E-state index contributed by atoms with van der Waals surface area (Å²) >= 11 is 0. The Labute approximate surface area is 146 Å². The highest BCUT2D eigenvalue weighted by molar-refractivity contribution is 5.79. The molecule has 1 saturated carbocycles. The summed E-state index contributed by atoms with van der Waals surface area (Å²) in [5.41, 5.74) is 8.90. The minimum atomic E-state index is 0.142. The molecule has 3 atom stereocenters. The molecule has 0 aromatic heterocycles. The Bertz CT molecular complexity index is 572. The maximum absolute atomic E-state index is 13.0. The summed E-state index contributed by atoms with van der Waals surface area (Å²) in [6.45, 7) is 7.61. The summed E-state index contributed by atoms with van der Waals surface area (Å²) in [5, 5.41) is 0. The Hall–Kier alpha value is -1.35. The van der Waals surface area contributed by atoms with Crippen molar-refractivity contribution < 1.29 is 4.79 Å². The van der Waals surface area contributed by atoms with E-state index in [4.69, 9.17) is 5.73 Å². The second-order valence-corrected chi connectivity index (χ2v) is 8.69. The van der Waals surface area contributed by atoms with Gasteiger partial charge in [-0.2, -0.15) is 0 Å². The normalized spacial score (nSPS) is 28.2. The highest BCUT2D eigenvalue weighted by Crippen LogP contribution is 2.36. The highest BCUT2D eigenvalue weighted by atomic mass is 16.2. The Morgan fingerprint density at radius 1 is 1.08 bits per heavy atom. The standard InChI is InChI=1S/C21H32N2O/c1-21(2,3)17-11-9-15(10-12-17)19-8-5-13-23(19)20(24)16-6-4-7-18(22)14-16/h9-12,16,18-19H,4-8,13-14,22H2,1-3H3. The van der Waals surface area contributed by atoms with E-state index < -0.39 is 0 Å². The van der Waals surface area contributed by atoms with Gasteiger partial charge in [0, 0.05) is 18.5 Å². The Balaban J connectivity index is 1.74. The molecular formula is C21H32N2O. The van der Waals surface area contributed by atoms with Crippen LogP contribution in [0.15, 0.2) is 24.3 Å². The van der Waals surface area contributed by atoms with E-state index in [1.807, 2.05) is 0 Å². The highest BCUT2D eigenvalue weighted by Gasteiger charge is 2.35. The smallest absolute Gasteiger partial charge is 0.226 e. The molecule has 1 aromatic rings. The molecule has 2 N–H and O–H groups in total. The molecule has 1 aromatic carbocycles. The van der Waals surface area contributed by atoms with Gasteiger partial charge in [0.15, 0.2) is 0 Å². The van der Waals surface area contributed by atoms with E-state index in [9.17, 15) is 4.79 Å². The molecule has 0 bridgehead atoms. The van der Waals surface area contributed by atoms with Crippen LogP contribution in [0.1, 0.15) is 76.5 Å². The first-order valence-corrected chi connectivity index (χ1v) is 9.53. The van der Waals surface area contributed by atoms with E-state index in [1.165, 1.54) is 11.1 Å². The predicted octanol–water partition coefficient (Wildman–Crippen LogP) is 4.17. The van der Waals surface area contributed by atoms with E-state index in [1.54, 1.807) is 0 Å². The molecule has 1 heterocycles. The monoisotopic (exact) mass is 328 g/mol. The number of rotatable bonds is 2. The minimum absolute atomic E-state index is 0.142. The molecular weight excluding hydrogens is 296 g/mol. The number of nitrogens with two attached hydrogens (primary N) is 1. The number of likely N-dealkylation sites (tertiary alicyclic amines) is 1. The molecule has 3 rings (SSSR count). The van der Waals surface area contributed by atoms with Crippen LogP contribution in [0, 0.1) is 5.92 Å². The molecule has 132 valence electrons. The van der Waals surface area contributed by atoms with Gasteiger partial charge in [0.05, 0.1) is 6.04 Å². The quantitative estimate of drug-likeness (QED) is 0.886. The number of carbonyl (C=O) groups is 1. The van der Waals surface area contributed by atoms with Crippen molar-refractivity contribution in [2.24, 2.45) is 11.7 Å². The average molecular weight is 328 g/mol. The van der Waals surface area contributed by atoms with Gasteiger partial charge in [0.2, 0.25) is 5.91 Å². The van der Waals surface area contributed by atoms with E-state index in [-0.39, 0.29) is 23.4 Å². The lowest BCUT2D eigenvalue weighted by atomic mass is 9.84. The third kappa shape index (κ3) is 3.66. The first-order chi connectivity index (χ1) is 11.4. The number of hydrogen-bond acceptors (Lipinski definition) is 2. The van der Waals surface area contributed by atoms with Crippen LogP contribution in [0.3, 0.4) is 0 Å². The van der Waals surface area contributed by atoms with Gasteiger partial charge in [-0.05, 0) is 48.6 Å². The van der Waals surface area contributed by atoms with Gasteiger partial charge >= 0.3 is 0 Å². The number of benzene rings is 1. The zero-order valence-electron chi connectivity index (χ0n) is 15.4. The molecule has 3 unspecified atom stereocenters. The van der Waals surface area contributed by atoms with Crippen molar-refractivity contribution in [3.8, 4) is 0 Å². The van der Waals surface area contributed by atoms with Crippen LogP contribution in [-0.2, 0) is 10.2 Å². The molecule has 1 amide bonds. The van der Waals surface area contributed by atoms with Crippen molar-refractivity contribution in [3.63, 3.8) is 0 Å². The molecule has 2 aliphatic rings. The van der Waals surface area contributed by atoms with E-state index in [2.05, 4.69) is 49.9 Å². The summed E-state index contributed by atoms with van der Waals surface area (Å²) < 4.78 is 0. The molecule has 1 aliphatic heterocycles. The van der Waals surface area contributed by atoms with E-state index in [0.29, 0.717) is 5.91 Å². The van der Waals surface area contributed by atoms with Crippen molar-refractivity contribution in [1.29, 1.82) is 0 Å². The van der Waals surface area contributed by atoms with Gasteiger partial charge in [-0.15, -0.1) is 0 Å². The summed E-state index contributed by atoms with van der Waals surface area (Å²) in [6.07, 6.45) is 6.23. The van der Waals surface area contributed by atoms with Crippen LogP contribution in [-0.4, -0.2) is 23.4 Å². The lowest BCUT2D eigenvalue weighted by molar-refractivity contribution is -0.137. The molecule has 1 saturated heterocycles. The van der Waals surface area contributed by atoms with Gasteiger partial charge < -0.3 is 10.6 Å². The van der Waals surface area contributed by atoms with Crippen LogP contribution in [0.4, 0.5) is 0 Å². The van der Waals surface area contributed by atoms with Crippen molar-refractivity contribution in [1.82, 2.24) is 4.90 Å². The largest absolute Gasteiger partial charge is 0.335 e. The molecule has 3 nitrogen and oxygen atoms in total. The maximum atomic E-state index is 13.0. The van der Waals surface area contributed by atoms with E-state index >= 15 is 0 Å². The van der Waals surface area contributed by atoms with E-state index in [0.717, 1.165) is 45.1 Å². The molecule has 0 radical (unpaired) electrons. The second-order valence-electron chi connectivity index (χ2n) is 8.69. The molecule has 2 fully saturated rings. The summed E-state index contributed by atoms with van der Waals surface area (Å²) in [5.74, 6) is 0.482. The third-order valence-electron chi connectivity index (χ3n) is 5.76. The fourth-order valence-corrected chi connectivity index (χ4v) is 4.27. The summed E-state index contributed by atoms with van der Waals surface area (Å²) in [7, 11) is 0. The number of hydrogen-bond donors (Lipinski definition) is 1. The maximum Gasteiger partial charge on any atom is 0.226 e. The first kappa shape index (κ1) is 17.5. The number of carbonyl (C=O) groups excluding carboxylic acids is 1. The second kappa shape index (κ2) is 6.87. The van der Waals surface area contributed by atoms with Gasteiger partial charge in [0.25, 0.3) is 0 Å². The topological polar surface area (TPSA) is 46.3 Å². The van der Waals surface area contributed by atoms with Gasteiger partial charge in [0.1, 0.15) is 0 Å². The number of nitrogens with zero attached hydrogens (tertiary/aromatic N) is 1. The van der Waals surface area contributed by atoms with Crippen molar-refractivity contribution in [2.75, 3.05) is 6.54 Å². The number of amides is 1. The predicted molar refractivity (Wildman–Crippen MR) is 98.8 cm³/mol. The fraction of sp³-hybridized carbons (Fsp3) is 0.667. The molecule has 3 heteroatoms. The van der Waals surface area contributed by atoms with Crippen LogP contribution in [0.2, 0.25) is 0 Å². The van der Waals surface area contributed by atoms with Gasteiger partial charge in [-0.3, -0.25) is 4.79 Å². The van der Waals surface area contributed by atoms with Crippen LogP contribution >= 0.6 is 0 Å². The van der Waals surface area contributed by atoms with Crippen molar-refractivity contribution in [3.05, 3.63) is 35.4 Å². The van der Waals surface area contributed by atoms with Crippen molar-refractivity contribution in [2.45, 2.75) is 76.8 Å². The fourth-order valence-electron chi connectivity index (χ4n) is 4.27. The average Bonchev–Trinajstić information content (AvgIpc) is 3.03. The molecule has 1 aliphatic carbocycles. The Kier molecular flexibility index (Phi) is 5.00. The Morgan fingerprint density at radius 2 is 1.79 bits per heavy atom. The molecule has 0 spiro atoms. The first-order valence-electron chi connectivity index (χ1n) is 9.53. The van der Waals surface area contributed by atoms with Crippen LogP contribution in [0.25, 0.3) is 0 Å².